The lowest BCUT2D eigenvalue weighted by molar-refractivity contribution is -0.122. The Morgan fingerprint density at radius 2 is 1.71 bits per heavy atom. The second kappa shape index (κ2) is 9.17. The summed E-state index contributed by atoms with van der Waals surface area (Å²) in [6.07, 6.45) is 1.28. The topological polar surface area (TPSA) is 70.7 Å². The molecule has 28 heavy (non-hydrogen) atoms. The van der Waals surface area contributed by atoms with Crippen LogP contribution in [-0.4, -0.2) is 36.0 Å². The zero-order chi connectivity index (χ0) is 20.1. The van der Waals surface area contributed by atoms with Crippen LogP contribution >= 0.6 is 23.2 Å². The first kappa shape index (κ1) is 20.3. The lowest BCUT2D eigenvalue weighted by Gasteiger charge is -2.18. The van der Waals surface area contributed by atoms with Gasteiger partial charge in [-0.2, -0.15) is 0 Å². The minimum absolute atomic E-state index is 0.130. The Hall–Kier alpha value is -2.44. The molecule has 3 rings (SSSR count). The molecular formula is C20H21Cl2N3O3. The van der Waals surface area contributed by atoms with Crippen LogP contribution in [0.25, 0.3) is 0 Å². The number of halogens is 2. The normalized spacial score (nSPS) is 14.5. The average Bonchev–Trinajstić information content (AvgIpc) is 3.19. The van der Waals surface area contributed by atoms with E-state index < -0.39 is 6.10 Å². The predicted molar refractivity (Wildman–Crippen MR) is 111 cm³/mol. The molecule has 1 saturated heterocycles. The van der Waals surface area contributed by atoms with E-state index in [0.717, 1.165) is 25.9 Å². The molecule has 0 aromatic heterocycles. The number of carbonyl (C=O) groups is 2. The van der Waals surface area contributed by atoms with Gasteiger partial charge in [0.25, 0.3) is 5.91 Å². The summed E-state index contributed by atoms with van der Waals surface area (Å²) >= 11 is 11.9. The molecule has 0 spiro atoms. The summed E-state index contributed by atoms with van der Waals surface area (Å²) in [6, 6.07) is 11.7. The molecule has 0 radical (unpaired) electrons. The van der Waals surface area contributed by atoms with Crippen LogP contribution in [-0.2, 0) is 4.79 Å². The highest BCUT2D eigenvalue weighted by atomic mass is 35.5. The second-order valence-corrected chi connectivity index (χ2v) is 7.37. The first-order chi connectivity index (χ1) is 13.4. The van der Waals surface area contributed by atoms with E-state index in [2.05, 4.69) is 10.6 Å². The van der Waals surface area contributed by atoms with Crippen molar-refractivity contribution in [2.45, 2.75) is 25.9 Å². The molecular weight excluding hydrogens is 401 g/mol. The number of amides is 3. The van der Waals surface area contributed by atoms with Gasteiger partial charge in [0.05, 0.1) is 5.02 Å². The van der Waals surface area contributed by atoms with Crippen molar-refractivity contribution in [3.05, 3.63) is 52.5 Å². The SMILES string of the molecule is CC(Oc1ccc(Cl)cc1Cl)C(=O)Nc1cccc(NC(=O)N2CCCC2)c1. The fourth-order valence-electron chi connectivity index (χ4n) is 2.86. The lowest BCUT2D eigenvalue weighted by Crippen LogP contribution is -2.32. The summed E-state index contributed by atoms with van der Waals surface area (Å²) in [4.78, 5) is 26.4. The first-order valence-electron chi connectivity index (χ1n) is 9.01. The monoisotopic (exact) mass is 421 g/mol. The molecule has 148 valence electrons. The van der Waals surface area contributed by atoms with Crippen molar-refractivity contribution in [3.8, 4) is 5.75 Å². The van der Waals surface area contributed by atoms with Crippen LogP contribution in [0, 0.1) is 0 Å². The summed E-state index contributed by atoms with van der Waals surface area (Å²) in [7, 11) is 0. The molecule has 6 nitrogen and oxygen atoms in total. The van der Waals surface area contributed by atoms with Gasteiger partial charge in [-0.05, 0) is 56.2 Å². The molecule has 8 heteroatoms. The largest absolute Gasteiger partial charge is 0.479 e. The standard InChI is InChI=1S/C20H21Cl2N3O3/c1-13(28-18-8-7-14(21)11-17(18)22)19(26)23-15-5-4-6-16(12-15)24-20(27)25-9-2-3-10-25/h4-8,11-13H,2-3,9-10H2,1H3,(H,23,26)(H,24,27). The Bertz CT molecular complexity index is 870. The Kier molecular flexibility index (Phi) is 6.65. The highest BCUT2D eigenvalue weighted by Crippen LogP contribution is 2.28. The molecule has 2 aromatic carbocycles. The molecule has 1 unspecified atom stereocenters. The number of carbonyl (C=O) groups excluding carboxylic acids is 2. The number of benzene rings is 2. The van der Waals surface area contributed by atoms with Crippen LogP contribution in [0.3, 0.4) is 0 Å². The van der Waals surface area contributed by atoms with Gasteiger partial charge >= 0.3 is 6.03 Å². The van der Waals surface area contributed by atoms with E-state index in [9.17, 15) is 9.59 Å². The molecule has 3 amide bonds. The van der Waals surface area contributed by atoms with Gasteiger partial charge in [0, 0.05) is 29.5 Å². The summed E-state index contributed by atoms with van der Waals surface area (Å²) in [5, 5.41) is 6.45. The Labute approximate surface area is 173 Å². The highest BCUT2D eigenvalue weighted by Gasteiger charge is 2.19. The first-order valence-corrected chi connectivity index (χ1v) is 9.76. The summed E-state index contributed by atoms with van der Waals surface area (Å²) in [5.74, 6) is 0.0365. The molecule has 1 fully saturated rings. The number of hydrogen-bond acceptors (Lipinski definition) is 3. The van der Waals surface area contributed by atoms with E-state index in [-0.39, 0.29) is 11.9 Å². The molecule has 0 aliphatic carbocycles. The van der Waals surface area contributed by atoms with Gasteiger partial charge in [-0.25, -0.2) is 4.79 Å². The quantitative estimate of drug-likeness (QED) is 0.710. The molecule has 1 aliphatic heterocycles. The van der Waals surface area contributed by atoms with E-state index in [0.29, 0.717) is 27.2 Å². The number of anilines is 2. The summed E-state index contributed by atoms with van der Waals surface area (Å²) in [5.41, 5.74) is 1.17. The van der Waals surface area contributed by atoms with Crippen LogP contribution in [0.4, 0.5) is 16.2 Å². The average molecular weight is 422 g/mol. The number of ether oxygens (including phenoxy) is 1. The van der Waals surface area contributed by atoms with Gasteiger partial charge in [0.2, 0.25) is 0 Å². The predicted octanol–water partition coefficient (Wildman–Crippen LogP) is 5.03. The smallest absolute Gasteiger partial charge is 0.321 e. The van der Waals surface area contributed by atoms with Crippen molar-refractivity contribution in [3.63, 3.8) is 0 Å². The van der Waals surface area contributed by atoms with E-state index in [1.54, 1.807) is 54.3 Å². The zero-order valence-corrected chi connectivity index (χ0v) is 16.9. The van der Waals surface area contributed by atoms with E-state index >= 15 is 0 Å². The Morgan fingerprint density at radius 3 is 2.39 bits per heavy atom. The maximum atomic E-state index is 12.4. The number of rotatable bonds is 5. The van der Waals surface area contributed by atoms with Gasteiger partial charge < -0.3 is 20.3 Å². The number of nitrogens with zero attached hydrogens (tertiary/aromatic N) is 1. The molecule has 2 aromatic rings. The van der Waals surface area contributed by atoms with E-state index in [1.165, 1.54) is 0 Å². The van der Waals surface area contributed by atoms with Crippen LogP contribution in [0.2, 0.25) is 10.0 Å². The van der Waals surface area contributed by atoms with Crippen molar-refractivity contribution in [1.82, 2.24) is 4.90 Å². The lowest BCUT2D eigenvalue weighted by atomic mass is 10.2. The summed E-state index contributed by atoms with van der Waals surface area (Å²) in [6.45, 7) is 3.16. The molecule has 1 atom stereocenters. The number of nitrogens with one attached hydrogen (secondary N) is 2. The van der Waals surface area contributed by atoms with Crippen molar-refractivity contribution in [2.24, 2.45) is 0 Å². The third-order valence-corrected chi connectivity index (χ3v) is 4.87. The van der Waals surface area contributed by atoms with Gasteiger partial charge in [0.1, 0.15) is 5.75 Å². The molecule has 1 aliphatic rings. The minimum atomic E-state index is -0.776. The van der Waals surface area contributed by atoms with Gasteiger partial charge in [-0.1, -0.05) is 29.3 Å². The third-order valence-electron chi connectivity index (χ3n) is 4.34. The highest BCUT2D eigenvalue weighted by molar-refractivity contribution is 6.35. The van der Waals surface area contributed by atoms with E-state index in [4.69, 9.17) is 27.9 Å². The van der Waals surface area contributed by atoms with Gasteiger partial charge in [-0.15, -0.1) is 0 Å². The fraction of sp³-hybridized carbons (Fsp3) is 0.300. The van der Waals surface area contributed by atoms with Crippen LogP contribution in [0.5, 0.6) is 5.75 Å². The molecule has 1 heterocycles. The maximum Gasteiger partial charge on any atom is 0.321 e. The van der Waals surface area contributed by atoms with Crippen molar-refractivity contribution in [1.29, 1.82) is 0 Å². The fourth-order valence-corrected chi connectivity index (χ4v) is 3.31. The number of urea groups is 1. The van der Waals surface area contributed by atoms with Crippen molar-refractivity contribution < 1.29 is 14.3 Å². The number of hydrogen-bond donors (Lipinski definition) is 2. The molecule has 2 N–H and O–H groups in total. The van der Waals surface area contributed by atoms with Crippen molar-refractivity contribution >= 4 is 46.5 Å². The minimum Gasteiger partial charge on any atom is -0.479 e. The molecule has 0 bridgehead atoms. The second-order valence-electron chi connectivity index (χ2n) is 6.53. The molecule has 0 saturated carbocycles. The zero-order valence-electron chi connectivity index (χ0n) is 15.4. The Balaban J connectivity index is 1.59. The van der Waals surface area contributed by atoms with Gasteiger partial charge in [0.15, 0.2) is 6.10 Å². The number of likely N-dealkylation sites (tertiary alicyclic amines) is 1. The summed E-state index contributed by atoms with van der Waals surface area (Å²) < 4.78 is 5.62. The van der Waals surface area contributed by atoms with Crippen molar-refractivity contribution in [2.75, 3.05) is 23.7 Å². The van der Waals surface area contributed by atoms with E-state index in [1.807, 2.05) is 0 Å². The van der Waals surface area contributed by atoms with Crippen LogP contribution < -0.4 is 15.4 Å². The Morgan fingerprint density at radius 1 is 1.04 bits per heavy atom. The third kappa shape index (κ3) is 5.30. The maximum absolute atomic E-state index is 12.4. The van der Waals surface area contributed by atoms with Gasteiger partial charge in [-0.3, -0.25) is 4.79 Å². The van der Waals surface area contributed by atoms with Crippen LogP contribution in [0.1, 0.15) is 19.8 Å². The van der Waals surface area contributed by atoms with Crippen LogP contribution in [0.15, 0.2) is 42.5 Å².